The van der Waals surface area contributed by atoms with Crippen molar-refractivity contribution in [3.8, 4) is 0 Å². The molecule has 0 bridgehead atoms. The van der Waals surface area contributed by atoms with Crippen molar-refractivity contribution in [2.24, 2.45) is 0 Å². The first-order chi connectivity index (χ1) is 4.35. The van der Waals surface area contributed by atoms with Crippen molar-refractivity contribution < 1.29 is 4.74 Å². The Morgan fingerprint density at radius 2 is 2.11 bits per heavy atom. The fraction of sp³-hybridized carbons (Fsp3) is 0.500. The molecule has 1 atom stereocenters. The van der Waals surface area contributed by atoms with Crippen molar-refractivity contribution in [3.05, 3.63) is 25.3 Å². The lowest BCUT2D eigenvalue weighted by Crippen LogP contribution is -1.65. The minimum absolute atomic E-state index is 0.398. The van der Waals surface area contributed by atoms with E-state index >= 15 is 0 Å². The van der Waals surface area contributed by atoms with Crippen LogP contribution >= 0.6 is 0 Å². The maximum absolute atomic E-state index is 4.74. The summed E-state index contributed by atoms with van der Waals surface area (Å²) in [6.45, 7) is 9.93. The summed E-state index contributed by atoms with van der Waals surface area (Å²) in [7, 11) is 0. The first-order valence-corrected chi connectivity index (χ1v) is 3.20. The largest absolute Gasteiger partial charge is 0.369 e. The molecule has 0 N–H and O–H groups in total. The van der Waals surface area contributed by atoms with Gasteiger partial charge in [0.2, 0.25) is 0 Å². The summed E-state index contributed by atoms with van der Waals surface area (Å²) < 4.78 is 4.74. The van der Waals surface area contributed by atoms with E-state index in [2.05, 4.69) is 20.1 Å². The van der Waals surface area contributed by atoms with E-state index in [-0.39, 0.29) is 0 Å². The van der Waals surface area contributed by atoms with E-state index in [1.807, 2.05) is 6.08 Å². The van der Waals surface area contributed by atoms with Gasteiger partial charge in [0.1, 0.15) is 0 Å². The van der Waals surface area contributed by atoms with Gasteiger partial charge in [-0.15, -0.1) is 13.2 Å². The van der Waals surface area contributed by atoms with Gasteiger partial charge >= 0.3 is 0 Å². The predicted octanol–water partition coefficient (Wildman–Crippen LogP) is 2.15. The van der Waals surface area contributed by atoms with Crippen LogP contribution in [0.15, 0.2) is 25.3 Å². The lowest BCUT2D eigenvalue weighted by molar-refractivity contribution is 0.440. The van der Waals surface area contributed by atoms with E-state index in [4.69, 9.17) is 4.74 Å². The van der Waals surface area contributed by atoms with E-state index in [9.17, 15) is 0 Å². The highest BCUT2D eigenvalue weighted by Gasteiger charge is 2.16. The van der Waals surface area contributed by atoms with Crippen LogP contribution in [-0.4, -0.2) is 12.7 Å². The van der Waals surface area contributed by atoms with Gasteiger partial charge < -0.3 is 4.74 Å². The molecule has 0 aromatic rings. The molecule has 1 rings (SSSR count). The number of allylic oxidation sites excluding steroid dienone is 1. The Morgan fingerprint density at radius 1 is 1.67 bits per heavy atom. The summed E-state index contributed by atoms with van der Waals surface area (Å²) in [5.74, 6) is 0. The molecule has 1 aliphatic heterocycles. The molecule has 0 aromatic heterocycles. The Labute approximate surface area is 57.0 Å². The Bertz CT molecular complexity index is 82.6. The lowest BCUT2D eigenvalue weighted by Gasteiger charge is -1.59. The van der Waals surface area contributed by atoms with Crippen LogP contribution in [0.1, 0.15) is 13.3 Å². The topological polar surface area (TPSA) is 12.5 Å². The minimum atomic E-state index is 0.398. The Morgan fingerprint density at radius 3 is 2.11 bits per heavy atom. The van der Waals surface area contributed by atoms with E-state index < -0.39 is 0 Å². The van der Waals surface area contributed by atoms with Crippen LogP contribution in [0.5, 0.6) is 0 Å². The fourth-order valence-electron chi connectivity index (χ4n) is 0.192. The van der Waals surface area contributed by atoms with Crippen molar-refractivity contribution in [2.75, 3.05) is 6.61 Å². The molecule has 1 heterocycles. The minimum Gasteiger partial charge on any atom is -0.369 e. The summed E-state index contributed by atoms with van der Waals surface area (Å²) >= 11 is 0. The number of hydrogen-bond donors (Lipinski definition) is 0. The highest BCUT2D eigenvalue weighted by molar-refractivity contribution is 4.87. The van der Waals surface area contributed by atoms with Gasteiger partial charge in [0.05, 0.1) is 12.7 Å². The van der Waals surface area contributed by atoms with Gasteiger partial charge in [-0.1, -0.05) is 19.1 Å². The number of hydrogen-bond acceptors (Lipinski definition) is 1. The monoisotopic (exact) mass is 126 g/mol. The Kier molecular flexibility index (Phi) is 5.23. The molecule has 9 heavy (non-hydrogen) atoms. The van der Waals surface area contributed by atoms with E-state index in [1.165, 1.54) is 0 Å². The van der Waals surface area contributed by atoms with Crippen molar-refractivity contribution in [1.29, 1.82) is 0 Å². The molecule has 1 heteroatoms. The van der Waals surface area contributed by atoms with E-state index in [0.29, 0.717) is 6.10 Å². The van der Waals surface area contributed by atoms with E-state index in [0.717, 1.165) is 13.0 Å². The van der Waals surface area contributed by atoms with Gasteiger partial charge in [-0.25, -0.2) is 0 Å². The lowest BCUT2D eigenvalue weighted by atomic mass is 10.5. The zero-order valence-corrected chi connectivity index (χ0v) is 5.97. The van der Waals surface area contributed by atoms with Crippen molar-refractivity contribution in [1.82, 2.24) is 0 Å². The second kappa shape index (κ2) is 5.57. The highest BCUT2D eigenvalue weighted by atomic mass is 16.6. The average molecular weight is 126 g/mol. The van der Waals surface area contributed by atoms with Crippen molar-refractivity contribution in [2.45, 2.75) is 19.4 Å². The zero-order valence-electron chi connectivity index (χ0n) is 5.97. The molecule has 1 fully saturated rings. The molecular formula is C8H14O. The van der Waals surface area contributed by atoms with Crippen LogP contribution in [-0.2, 0) is 4.74 Å². The summed E-state index contributed by atoms with van der Waals surface area (Å²) in [5.41, 5.74) is 0. The molecule has 0 aromatic carbocycles. The molecule has 52 valence electrons. The first kappa shape index (κ1) is 8.44. The normalized spacial score (nSPS) is 21.2. The summed E-state index contributed by atoms with van der Waals surface area (Å²) in [6, 6.07) is 0. The molecule has 0 amide bonds. The van der Waals surface area contributed by atoms with Gasteiger partial charge in [0.25, 0.3) is 0 Å². The van der Waals surface area contributed by atoms with Crippen molar-refractivity contribution in [3.63, 3.8) is 0 Å². The van der Waals surface area contributed by atoms with Crippen LogP contribution in [0.3, 0.4) is 0 Å². The Hall–Kier alpha value is -0.560. The van der Waals surface area contributed by atoms with Crippen LogP contribution in [0.2, 0.25) is 0 Å². The SMILES string of the molecule is C=CC1CO1.C=CCC. The molecule has 1 saturated heterocycles. The smallest absolute Gasteiger partial charge is 0.0988 e. The van der Waals surface area contributed by atoms with Crippen LogP contribution in [0.4, 0.5) is 0 Å². The number of epoxide rings is 1. The second-order valence-corrected chi connectivity index (χ2v) is 1.80. The third kappa shape index (κ3) is 7.44. The van der Waals surface area contributed by atoms with Gasteiger partial charge in [0, 0.05) is 0 Å². The van der Waals surface area contributed by atoms with Crippen LogP contribution in [0.25, 0.3) is 0 Å². The molecule has 0 aliphatic carbocycles. The maximum Gasteiger partial charge on any atom is 0.0988 e. The summed E-state index contributed by atoms with van der Waals surface area (Å²) in [5, 5.41) is 0. The first-order valence-electron chi connectivity index (χ1n) is 3.20. The molecular weight excluding hydrogens is 112 g/mol. The molecule has 1 unspecified atom stereocenters. The van der Waals surface area contributed by atoms with Crippen LogP contribution < -0.4 is 0 Å². The van der Waals surface area contributed by atoms with Gasteiger partial charge in [-0.05, 0) is 6.42 Å². The standard InChI is InChI=1S/C4H6O.C4H8/c1-2-4-3-5-4;1-3-4-2/h2,4H,1,3H2;3H,1,4H2,2H3. The third-order valence-corrected chi connectivity index (χ3v) is 0.911. The molecule has 0 radical (unpaired) electrons. The zero-order chi connectivity index (χ0) is 7.11. The number of ether oxygens (including phenoxy) is 1. The predicted molar refractivity (Wildman–Crippen MR) is 40.4 cm³/mol. The maximum atomic E-state index is 4.74. The second-order valence-electron chi connectivity index (χ2n) is 1.80. The van der Waals surface area contributed by atoms with E-state index in [1.54, 1.807) is 6.08 Å². The fourth-order valence-corrected chi connectivity index (χ4v) is 0.192. The average Bonchev–Trinajstić information content (AvgIpc) is 2.70. The summed E-state index contributed by atoms with van der Waals surface area (Å²) in [4.78, 5) is 0. The van der Waals surface area contributed by atoms with Gasteiger partial charge in [0.15, 0.2) is 0 Å². The van der Waals surface area contributed by atoms with Gasteiger partial charge in [-0.2, -0.15) is 0 Å². The summed E-state index contributed by atoms with van der Waals surface area (Å²) in [6.07, 6.45) is 5.16. The highest BCUT2D eigenvalue weighted by Crippen LogP contribution is 2.07. The third-order valence-electron chi connectivity index (χ3n) is 0.911. The molecule has 1 aliphatic rings. The quantitative estimate of drug-likeness (QED) is 0.408. The molecule has 0 saturated carbocycles. The van der Waals surface area contributed by atoms with Crippen LogP contribution in [0, 0.1) is 0 Å². The molecule has 0 spiro atoms. The van der Waals surface area contributed by atoms with Crippen molar-refractivity contribution >= 4 is 0 Å². The van der Waals surface area contributed by atoms with Gasteiger partial charge in [-0.3, -0.25) is 0 Å². The molecule has 1 nitrogen and oxygen atoms in total. The number of rotatable bonds is 2. The Balaban J connectivity index is 0.000000148.